The maximum absolute atomic E-state index is 4.45. The Kier molecular flexibility index (Phi) is 5.28. The number of aromatic amines is 1. The van der Waals surface area contributed by atoms with Gasteiger partial charge < -0.3 is 0 Å². The molecule has 0 aliphatic heterocycles. The van der Waals surface area contributed by atoms with Gasteiger partial charge in [0.05, 0.1) is 5.69 Å². The quantitative estimate of drug-likeness (QED) is 0.724. The number of H-pyrrole nitrogens is 1. The Balaban J connectivity index is 1.69. The van der Waals surface area contributed by atoms with Gasteiger partial charge in [0, 0.05) is 31.4 Å². The van der Waals surface area contributed by atoms with Crippen molar-refractivity contribution in [3.63, 3.8) is 0 Å². The summed E-state index contributed by atoms with van der Waals surface area (Å²) in [7, 11) is 0. The smallest absolute Gasteiger partial charge is 0.204 e. The molecule has 0 aliphatic carbocycles. The minimum absolute atomic E-state index is 0.604. The van der Waals surface area contributed by atoms with E-state index < -0.39 is 0 Å². The molecular weight excluding hydrogens is 300 g/mol. The number of tetrazole rings is 1. The van der Waals surface area contributed by atoms with Crippen molar-refractivity contribution in [1.82, 2.24) is 30.5 Å². The lowest BCUT2D eigenvalue weighted by molar-refractivity contribution is 0.225. The topological polar surface area (TPSA) is 70.6 Å². The van der Waals surface area contributed by atoms with E-state index in [0.717, 1.165) is 30.9 Å². The van der Waals surface area contributed by atoms with Gasteiger partial charge in [-0.15, -0.1) is 10.2 Å². The fraction of sp³-hybridized carbons (Fsp3) is 0.333. The van der Waals surface area contributed by atoms with Crippen LogP contribution in [0.3, 0.4) is 0 Å². The molecule has 0 amide bonds. The van der Waals surface area contributed by atoms with E-state index in [1.807, 2.05) is 30.5 Å². The fourth-order valence-electron chi connectivity index (χ4n) is 2.72. The number of rotatable bonds is 7. The van der Waals surface area contributed by atoms with E-state index in [0.29, 0.717) is 11.7 Å². The van der Waals surface area contributed by atoms with Crippen LogP contribution in [0.1, 0.15) is 25.1 Å². The summed E-state index contributed by atoms with van der Waals surface area (Å²) in [6.45, 7) is 7.26. The lowest BCUT2D eigenvalue weighted by atomic mass is 10.1. The molecule has 0 bridgehead atoms. The minimum Gasteiger partial charge on any atom is -0.293 e. The van der Waals surface area contributed by atoms with Gasteiger partial charge in [-0.2, -0.15) is 5.21 Å². The van der Waals surface area contributed by atoms with Crippen LogP contribution < -0.4 is 0 Å². The zero-order chi connectivity index (χ0) is 16.8. The van der Waals surface area contributed by atoms with Gasteiger partial charge >= 0.3 is 0 Å². The first-order valence-electron chi connectivity index (χ1n) is 8.16. The van der Waals surface area contributed by atoms with Crippen LogP contribution in [0.2, 0.25) is 0 Å². The second-order valence-corrected chi connectivity index (χ2v) is 6.32. The lowest BCUT2D eigenvalue weighted by Gasteiger charge is -2.24. The van der Waals surface area contributed by atoms with Crippen LogP contribution in [0.15, 0.2) is 48.7 Å². The van der Waals surface area contributed by atoms with E-state index in [9.17, 15) is 0 Å². The Morgan fingerprint density at radius 1 is 1.04 bits per heavy atom. The third-order valence-corrected chi connectivity index (χ3v) is 3.70. The number of nitrogens with one attached hydrogen (secondary N) is 1. The number of aromatic nitrogens is 5. The van der Waals surface area contributed by atoms with Gasteiger partial charge in [0.15, 0.2) is 0 Å². The third-order valence-electron chi connectivity index (χ3n) is 3.70. The molecule has 0 spiro atoms. The van der Waals surface area contributed by atoms with Gasteiger partial charge in [-0.3, -0.25) is 9.88 Å². The first kappa shape index (κ1) is 16.3. The molecule has 2 aromatic heterocycles. The summed E-state index contributed by atoms with van der Waals surface area (Å²) in [5.41, 5.74) is 3.33. The average molecular weight is 322 g/mol. The van der Waals surface area contributed by atoms with Crippen LogP contribution in [0.25, 0.3) is 11.4 Å². The molecule has 0 unspecified atom stereocenters. The van der Waals surface area contributed by atoms with Crippen LogP contribution in [0, 0.1) is 5.92 Å². The van der Waals surface area contributed by atoms with Crippen LogP contribution >= 0.6 is 0 Å². The summed E-state index contributed by atoms with van der Waals surface area (Å²) in [6.07, 6.45) is 1.85. The largest absolute Gasteiger partial charge is 0.293 e. The highest BCUT2D eigenvalue weighted by Crippen LogP contribution is 2.16. The van der Waals surface area contributed by atoms with Gasteiger partial charge in [0.1, 0.15) is 0 Å². The summed E-state index contributed by atoms with van der Waals surface area (Å²) < 4.78 is 0. The molecule has 1 N–H and O–H groups in total. The zero-order valence-corrected chi connectivity index (χ0v) is 14.1. The molecule has 0 fully saturated rings. The van der Waals surface area contributed by atoms with Gasteiger partial charge in [0.2, 0.25) is 5.82 Å². The number of nitrogens with zero attached hydrogens (tertiary/aromatic N) is 5. The monoisotopic (exact) mass is 322 g/mol. The molecule has 6 nitrogen and oxygen atoms in total. The molecule has 0 aliphatic rings. The molecule has 24 heavy (non-hydrogen) atoms. The highest BCUT2D eigenvalue weighted by Gasteiger charge is 2.10. The summed E-state index contributed by atoms with van der Waals surface area (Å²) in [5.74, 6) is 1.22. The molecule has 1 aromatic carbocycles. The first-order valence-corrected chi connectivity index (χ1v) is 8.16. The van der Waals surface area contributed by atoms with Crippen LogP contribution in [0.5, 0.6) is 0 Å². The Morgan fingerprint density at radius 2 is 1.88 bits per heavy atom. The predicted octanol–water partition coefficient (Wildman–Crippen LogP) is 2.92. The highest BCUT2D eigenvalue weighted by atomic mass is 15.5. The van der Waals surface area contributed by atoms with E-state index >= 15 is 0 Å². The Bertz CT molecular complexity index is 722. The van der Waals surface area contributed by atoms with E-state index in [2.05, 4.69) is 62.6 Å². The zero-order valence-electron chi connectivity index (χ0n) is 14.1. The lowest BCUT2D eigenvalue weighted by Crippen LogP contribution is -2.27. The number of hydrogen-bond acceptors (Lipinski definition) is 5. The number of benzene rings is 1. The van der Waals surface area contributed by atoms with Crippen molar-refractivity contribution in [2.45, 2.75) is 26.9 Å². The summed E-state index contributed by atoms with van der Waals surface area (Å²) >= 11 is 0. The van der Waals surface area contributed by atoms with E-state index in [1.165, 1.54) is 5.56 Å². The van der Waals surface area contributed by atoms with Crippen molar-refractivity contribution in [3.8, 4) is 11.4 Å². The van der Waals surface area contributed by atoms with Crippen LogP contribution in [0.4, 0.5) is 0 Å². The maximum Gasteiger partial charge on any atom is 0.204 e. The molecule has 6 heteroatoms. The second-order valence-electron chi connectivity index (χ2n) is 6.32. The summed E-state index contributed by atoms with van der Waals surface area (Å²) in [4.78, 5) is 6.87. The van der Waals surface area contributed by atoms with Crippen LogP contribution in [-0.4, -0.2) is 37.1 Å². The molecular formula is C18H22N6. The maximum atomic E-state index is 4.45. The van der Waals surface area contributed by atoms with Crippen molar-refractivity contribution >= 4 is 0 Å². The normalized spacial score (nSPS) is 11.3. The van der Waals surface area contributed by atoms with Crippen molar-refractivity contribution < 1.29 is 0 Å². The Hall–Kier alpha value is -2.60. The van der Waals surface area contributed by atoms with Crippen molar-refractivity contribution in [2.24, 2.45) is 5.92 Å². The first-order chi connectivity index (χ1) is 11.7. The SMILES string of the molecule is CC(C)CN(Cc1ccc(-c2nn[nH]n2)cc1)Cc1ccccn1. The molecule has 0 atom stereocenters. The van der Waals surface area contributed by atoms with E-state index in [4.69, 9.17) is 0 Å². The fourth-order valence-corrected chi connectivity index (χ4v) is 2.72. The molecule has 0 saturated heterocycles. The molecule has 0 saturated carbocycles. The van der Waals surface area contributed by atoms with Crippen LogP contribution in [-0.2, 0) is 13.1 Å². The molecule has 3 aromatic rings. The second kappa shape index (κ2) is 7.79. The van der Waals surface area contributed by atoms with E-state index in [1.54, 1.807) is 0 Å². The summed E-state index contributed by atoms with van der Waals surface area (Å²) in [6, 6.07) is 14.4. The van der Waals surface area contributed by atoms with Crippen molar-refractivity contribution in [1.29, 1.82) is 0 Å². The van der Waals surface area contributed by atoms with Gasteiger partial charge in [-0.1, -0.05) is 44.2 Å². The standard InChI is InChI=1S/C18H22N6/c1-14(2)11-24(13-17-5-3-4-10-19-17)12-15-6-8-16(9-7-15)18-20-22-23-21-18/h3-10,14H,11-13H2,1-2H3,(H,20,21,22,23). The number of hydrogen-bond donors (Lipinski definition) is 1. The number of pyridine rings is 1. The van der Waals surface area contributed by atoms with Crippen molar-refractivity contribution in [3.05, 3.63) is 59.9 Å². The van der Waals surface area contributed by atoms with Gasteiger partial charge in [-0.25, -0.2) is 0 Å². The van der Waals surface area contributed by atoms with E-state index in [-0.39, 0.29) is 0 Å². The molecule has 2 heterocycles. The molecule has 124 valence electrons. The van der Waals surface area contributed by atoms with Crippen molar-refractivity contribution in [2.75, 3.05) is 6.54 Å². The Morgan fingerprint density at radius 3 is 2.50 bits per heavy atom. The Labute approximate surface area is 141 Å². The minimum atomic E-state index is 0.604. The summed E-state index contributed by atoms with van der Waals surface area (Å²) in [5, 5.41) is 14.1. The molecule has 0 radical (unpaired) electrons. The average Bonchev–Trinajstić information content (AvgIpc) is 3.10. The van der Waals surface area contributed by atoms with Gasteiger partial charge in [-0.05, 0) is 28.8 Å². The predicted molar refractivity (Wildman–Crippen MR) is 92.8 cm³/mol. The molecule has 3 rings (SSSR count). The van der Waals surface area contributed by atoms with Gasteiger partial charge in [0.25, 0.3) is 0 Å². The highest BCUT2D eigenvalue weighted by molar-refractivity contribution is 5.54. The third kappa shape index (κ3) is 4.45.